The smallest absolute Gasteiger partial charge is 0.131 e. The van der Waals surface area contributed by atoms with Gasteiger partial charge in [-0.2, -0.15) is 0 Å². The summed E-state index contributed by atoms with van der Waals surface area (Å²) in [6.07, 6.45) is 0. The number of hydrogen-bond donors (Lipinski definition) is 0. The molecule has 0 atom stereocenters. The van der Waals surface area contributed by atoms with E-state index in [0.29, 0.717) is 0 Å². The summed E-state index contributed by atoms with van der Waals surface area (Å²) in [5.41, 5.74) is 9.05. The van der Waals surface area contributed by atoms with Gasteiger partial charge < -0.3 is 14.0 Å². The van der Waals surface area contributed by atoms with E-state index >= 15 is 0 Å². The molecule has 0 saturated heterocycles. The molecule has 236 valence electrons. The van der Waals surface area contributed by atoms with Gasteiger partial charge in [-0.15, -0.1) is 0 Å². The van der Waals surface area contributed by atoms with Gasteiger partial charge in [0.05, 0.1) is 21.3 Å². The van der Waals surface area contributed by atoms with Crippen LogP contribution in [0.1, 0.15) is 122 Å². The fourth-order valence-corrected chi connectivity index (χ4v) is 6.09. The predicted molar refractivity (Wildman–Crippen MR) is 185 cm³/mol. The summed E-state index contributed by atoms with van der Waals surface area (Å²) in [5.74, 6) is 2.03. The van der Waals surface area contributed by atoms with Crippen molar-refractivity contribution in [1.82, 2.24) is 0 Å². The Hall–Kier alpha value is -2.78. The number of benzene rings is 3. The van der Waals surface area contributed by atoms with Gasteiger partial charge in [0.25, 0.3) is 0 Å². The van der Waals surface area contributed by atoms with E-state index in [1.807, 2.05) is 14.2 Å². The highest BCUT2D eigenvalue weighted by Gasteiger charge is 2.33. The molecule has 0 bridgehead atoms. The number of nitrogens with zero attached hydrogens (tertiary/aromatic N) is 1. The lowest BCUT2D eigenvalue weighted by Gasteiger charge is -2.38. The maximum absolute atomic E-state index is 6.25. The Kier molecular flexibility index (Phi) is 9.94. The minimum atomic E-state index is -0.0456. The second kappa shape index (κ2) is 12.3. The molecule has 0 aliphatic rings. The molecule has 0 radical (unpaired) electrons. The molecular formula is C40H60NO2+. The average Bonchev–Trinajstić information content (AvgIpc) is 2.86. The third-order valence-electron chi connectivity index (χ3n) is 8.60. The van der Waals surface area contributed by atoms with E-state index in [0.717, 1.165) is 35.6 Å². The highest BCUT2D eigenvalue weighted by molar-refractivity contribution is 5.51. The van der Waals surface area contributed by atoms with Gasteiger partial charge in [-0.05, 0) is 44.9 Å². The standard InChI is InChI=1S/C40H60NO2/c1-37(2,3)31-21-29(35(42-14)33(23-31)39(7,8)9)26-41(13,25-28-19-17-16-18-20-28)27-30-22-32(38(4,5)6)24-34(36(30)43-15)40(10,11)12/h16-24H,25-27H2,1-15H3/q+1. The molecule has 0 fully saturated rings. The van der Waals surface area contributed by atoms with E-state index in [-0.39, 0.29) is 21.7 Å². The maximum atomic E-state index is 6.25. The van der Waals surface area contributed by atoms with Gasteiger partial charge in [-0.25, -0.2) is 0 Å². The zero-order valence-corrected chi connectivity index (χ0v) is 30.1. The van der Waals surface area contributed by atoms with Gasteiger partial charge in [0.2, 0.25) is 0 Å². The van der Waals surface area contributed by atoms with E-state index < -0.39 is 0 Å². The first-order chi connectivity index (χ1) is 19.6. The Morgan fingerprint density at radius 1 is 0.512 bits per heavy atom. The van der Waals surface area contributed by atoms with Crippen LogP contribution in [0, 0.1) is 0 Å². The molecule has 3 rings (SSSR count). The molecule has 3 aromatic rings. The molecule has 0 aliphatic carbocycles. The van der Waals surface area contributed by atoms with Crippen molar-refractivity contribution >= 4 is 0 Å². The summed E-state index contributed by atoms with van der Waals surface area (Å²) >= 11 is 0. The molecule has 0 unspecified atom stereocenters. The van der Waals surface area contributed by atoms with Crippen LogP contribution in [0.25, 0.3) is 0 Å². The van der Waals surface area contributed by atoms with Crippen molar-refractivity contribution in [2.75, 3.05) is 21.3 Å². The first-order valence-corrected chi connectivity index (χ1v) is 15.9. The summed E-state index contributed by atoms with van der Waals surface area (Å²) in [4.78, 5) is 0. The molecule has 0 aromatic heterocycles. The third-order valence-corrected chi connectivity index (χ3v) is 8.60. The van der Waals surface area contributed by atoms with Crippen molar-refractivity contribution < 1.29 is 14.0 Å². The van der Waals surface area contributed by atoms with Crippen LogP contribution in [0.5, 0.6) is 11.5 Å². The SMILES string of the molecule is COc1c(C[N+](C)(Cc2ccccc2)Cc2cc(C(C)(C)C)cc(C(C)(C)C)c2OC)cc(C(C)(C)C)cc1C(C)(C)C. The first kappa shape index (κ1) is 34.7. The molecule has 43 heavy (non-hydrogen) atoms. The van der Waals surface area contributed by atoms with E-state index in [2.05, 4.69) is 145 Å². The zero-order valence-electron chi connectivity index (χ0n) is 30.1. The first-order valence-electron chi connectivity index (χ1n) is 15.9. The van der Waals surface area contributed by atoms with Crippen LogP contribution in [0.3, 0.4) is 0 Å². The van der Waals surface area contributed by atoms with Crippen molar-refractivity contribution in [2.24, 2.45) is 0 Å². The van der Waals surface area contributed by atoms with Crippen molar-refractivity contribution in [2.45, 2.75) is 124 Å². The van der Waals surface area contributed by atoms with Crippen molar-refractivity contribution in [3.05, 3.63) is 93.5 Å². The second-order valence-corrected chi connectivity index (χ2v) is 17.0. The quantitative estimate of drug-likeness (QED) is 0.245. The molecular weight excluding hydrogens is 526 g/mol. The largest absolute Gasteiger partial charge is 0.496 e. The molecule has 0 aliphatic heterocycles. The summed E-state index contributed by atoms with van der Waals surface area (Å²) < 4.78 is 13.3. The molecule has 3 heteroatoms. The monoisotopic (exact) mass is 586 g/mol. The third kappa shape index (κ3) is 8.44. The summed E-state index contributed by atoms with van der Waals surface area (Å²) in [7, 11) is 6.06. The lowest BCUT2D eigenvalue weighted by Crippen LogP contribution is -2.42. The molecule has 0 spiro atoms. The van der Waals surface area contributed by atoms with Gasteiger partial charge in [-0.3, -0.25) is 0 Å². The molecule has 0 amide bonds. The highest BCUT2D eigenvalue weighted by Crippen LogP contribution is 2.42. The number of methoxy groups -OCH3 is 2. The lowest BCUT2D eigenvalue weighted by atomic mass is 9.78. The minimum absolute atomic E-state index is 0.0235. The Morgan fingerprint density at radius 3 is 1.19 bits per heavy atom. The fourth-order valence-electron chi connectivity index (χ4n) is 6.09. The van der Waals surface area contributed by atoms with Crippen LogP contribution in [0.2, 0.25) is 0 Å². The Morgan fingerprint density at radius 2 is 0.884 bits per heavy atom. The van der Waals surface area contributed by atoms with Crippen LogP contribution in [-0.4, -0.2) is 25.8 Å². The average molecular weight is 587 g/mol. The minimum Gasteiger partial charge on any atom is -0.496 e. The van der Waals surface area contributed by atoms with Gasteiger partial charge in [0.15, 0.2) is 0 Å². The topological polar surface area (TPSA) is 18.5 Å². The predicted octanol–water partition coefficient (Wildman–Crippen LogP) is 10.2. The molecule has 3 nitrogen and oxygen atoms in total. The number of quaternary nitrogens is 1. The van der Waals surface area contributed by atoms with Crippen molar-refractivity contribution in [1.29, 1.82) is 0 Å². The highest BCUT2D eigenvalue weighted by atomic mass is 16.5. The normalized spacial score (nSPS) is 13.3. The number of hydrogen-bond acceptors (Lipinski definition) is 2. The van der Waals surface area contributed by atoms with Gasteiger partial charge in [0, 0.05) is 27.8 Å². The Balaban J connectivity index is 2.31. The molecule has 3 aromatic carbocycles. The van der Waals surface area contributed by atoms with Crippen LogP contribution in [0.4, 0.5) is 0 Å². The van der Waals surface area contributed by atoms with Gasteiger partial charge in [0.1, 0.15) is 31.1 Å². The van der Waals surface area contributed by atoms with E-state index in [4.69, 9.17) is 9.47 Å². The van der Waals surface area contributed by atoms with Crippen molar-refractivity contribution in [3.8, 4) is 11.5 Å². The Bertz CT molecular complexity index is 1300. The maximum Gasteiger partial charge on any atom is 0.131 e. The van der Waals surface area contributed by atoms with Crippen LogP contribution < -0.4 is 9.47 Å². The second-order valence-electron chi connectivity index (χ2n) is 17.0. The van der Waals surface area contributed by atoms with Crippen LogP contribution >= 0.6 is 0 Å². The van der Waals surface area contributed by atoms with Crippen molar-refractivity contribution in [3.63, 3.8) is 0 Å². The molecule has 0 heterocycles. The Labute approximate surface area is 264 Å². The lowest BCUT2D eigenvalue weighted by molar-refractivity contribution is -0.948. The van der Waals surface area contributed by atoms with Crippen LogP contribution in [0.15, 0.2) is 54.6 Å². The summed E-state index contributed by atoms with van der Waals surface area (Å²) in [6.45, 7) is 30.1. The van der Waals surface area contributed by atoms with Crippen LogP contribution in [-0.2, 0) is 41.3 Å². The van der Waals surface area contributed by atoms with Gasteiger partial charge in [-0.1, -0.05) is 126 Å². The summed E-state index contributed by atoms with van der Waals surface area (Å²) in [5, 5.41) is 0. The van der Waals surface area contributed by atoms with E-state index in [9.17, 15) is 0 Å². The molecule has 0 N–H and O–H groups in total. The number of ether oxygens (including phenoxy) is 2. The molecule has 0 saturated carbocycles. The van der Waals surface area contributed by atoms with Gasteiger partial charge >= 0.3 is 0 Å². The number of rotatable bonds is 8. The van der Waals surface area contributed by atoms with E-state index in [1.165, 1.54) is 38.9 Å². The van der Waals surface area contributed by atoms with E-state index in [1.54, 1.807) is 0 Å². The zero-order chi connectivity index (χ0) is 32.6. The summed E-state index contributed by atoms with van der Waals surface area (Å²) in [6, 6.07) is 20.5. The fraction of sp³-hybridized carbons (Fsp3) is 0.550.